The van der Waals surface area contributed by atoms with Crippen molar-refractivity contribution >= 4 is 5.97 Å². The molecule has 1 atom stereocenters. The van der Waals surface area contributed by atoms with Crippen LogP contribution in [0.2, 0.25) is 0 Å². The van der Waals surface area contributed by atoms with Crippen LogP contribution in [0.5, 0.6) is 0 Å². The van der Waals surface area contributed by atoms with E-state index in [9.17, 15) is 4.79 Å². The van der Waals surface area contributed by atoms with Crippen LogP contribution in [0.3, 0.4) is 0 Å². The van der Waals surface area contributed by atoms with Gasteiger partial charge in [-0.25, -0.2) is 4.79 Å². The van der Waals surface area contributed by atoms with Crippen molar-refractivity contribution in [2.24, 2.45) is 0 Å². The maximum Gasteiger partial charge on any atom is 0 e. The summed E-state index contributed by atoms with van der Waals surface area (Å²) in [4.78, 5) is 11.2. The van der Waals surface area contributed by atoms with Gasteiger partial charge in [-0.05, 0) is 30.2 Å². The van der Waals surface area contributed by atoms with Crippen LogP contribution in [0, 0.1) is 20.0 Å². The number of ether oxygens (including phenoxy) is 3. The standard InChI is InChI=1S/C16H18O4.3CO.Fe/c1-2-18-15(17)9-8-14-10-16(20-12-14)19-11-13-6-4-3-5-7-13;3*1-2;/h3-10,16H,2,11-12H2,1H3;;;;/b9-8+;;;;/t16-;;;;/m0..../s1. The number of carbonyl (C=O) groups is 1. The zero-order valence-corrected chi connectivity index (χ0v) is 15.6. The summed E-state index contributed by atoms with van der Waals surface area (Å²) in [6, 6.07) is 9.91. The summed E-state index contributed by atoms with van der Waals surface area (Å²) in [6.45, 7) is 16.6. The second-order valence-corrected chi connectivity index (χ2v) is 4.30. The monoisotopic (exact) mass is 414 g/mol. The summed E-state index contributed by atoms with van der Waals surface area (Å²) in [5, 5.41) is 0. The Kier molecular flexibility index (Phi) is 24.0. The summed E-state index contributed by atoms with van der Waals surface area (Å²) in [5.41, 5.74) is 2.01. The minimum absolute atomic E-state index is 0. The zero-order valence-electron chi connectivity index (χ0n) is 14.5. The van der Waals surface area contributed by atoms with Gasteiger partial charge in [0, 0.05) is 23.1 Å². The van der Waals surface area contributed by atoms with Gasteiger partial charge in [0.2, 0.25) is 0 Å². The van der Waals surface area contributed by atoms with E-state index in [1.54, 1.807) is 13.0 Å². The van der Waals surface area contributed by atoms with Gasteiger partial charge in [0.15, 0.2) is 6.29 Å². The molecule has 0 amide bonds. The Morgan fingerprint density at radius 2 is 1.78 bits per heavy atom. The molecule has 0 aromatic heterocycles. The van der Waals surface area contributed by atoms with E-state index in [0.717, 1.165) is 11.1 Å². The Bertz CT molecular complexity index is 604. The molecule has 0 radical (unpaired) electrons. The first-order valence-corrected chi connectivity index (χ1v) is 7.22. The molecule has 0 fully saturated rings. The average molecular weight is 414 g/mol. The fourth-order valence-electron chi connectivity index (χ4n) is 1.77. The van der Waals surface area contributed by atoms with E-state index in [1.165, 1.54) is 6.08 Å². The van der Waals surface area contributed by atoms with Gasteiger partial charge in [0.05, 0.1) is 19.8 Å². The number of benzene rings is 1. The third-order valence-electron chi connectivity index (χ3n) is 2.74. The maximum absolute atomic E-state index is 11.2. The Hall–Kier alpha value is -2.17. The Labute approximate surface area is 169 Å². The first-order valence-electron chi connectivity index (χ1n) is 7.22. The molecule has 0 spiro atoms. The SMILES string of the molecule is CCOC(=O)/C=C/C1=C[C@@H](OCc2ccccc2)OC1.[C-]#[O+].[C-]#[O+].[C-]#[O+].[Fe]. The van der Waals surface area contributed by atoms with Crippen molar-refractivity contribution in [1.29, 1.82) is 0 Å². The van der Waals surface area contributed by atoms with Crippen LogP contribution in [0.1, 0.15) is 12.5 Å². The third kappa shape index (κ3) is 14.7. The molecule has 0 unspecified atom stereocenters. The van der Waals surface area contributed by atoms with E-state index in [2.05, 4.69) is 20.0 Å². The van der Waals surface area contributed by atoms with Crippen LogP contribution in [-0.4, -0.2) is 25.5 Å². The van der Waals surface area contributed by atoms with Gasteiger partial charge in [0.1, 0.15) is 0 Å². The molecule has 0 N–H and O–H groups in total. The molecule has 7 nitrogen and oxygen atoms in total. The average Bonchev–Trinajstić information content (AvgIpc) is 3.18. The third-order valence-corrected chi connectivity index (χ3v) is 2.74. The fourth-order valence-corrected chi connectivity index (χ4v) is 1.77. The minimum Gasteiger partial charge on any atom is 0 e. The van der Waals surface area contributed by atoms with E-state index >= 15 is 0 Å². The van der Waals surface area contributed by atoms with E-state index in [4.69, 9.17) is 28.2 Å². The predicted octanol–water partition coefficient (Wildman–Crippen LogP) is 2.49. The number of rotatable bonds is 6. The van der Waals surface area contributed by atoms with Crippen molar-refractivity contribution in [3.8, 4) is 0 Å². The van der Waals surface area contributed by atoms with E-state index < -0.39 is 0 Å². The Balaban J connectivity index is -0.000000749. The molecule has 2 rings (SSSR count). The van der Waals surface area contributed by atoms with Crippen molar-refractivity contribution in [3.05, 3.63) is 79.6 Å². The predicted molar refractivity (Wildman–Crippen MR) is 86.6 cm³/mol. The van der Waals surface area contributed by atoms with Gasteiger partial charge < -0.3 is 14.2 Å². The second-order valence-electron chi connectivity index (χ2n) is 4.30. The molecule has 0 saturated heterocycles. The normalized spacial score (nSPS) is 13.7. The zero-order chi connectivity index (χ0) is 20.2. The Morgan fingerprint density at radius 3 is 2.33 bits per heavy atom. The van der Waals surface area contributed by atoms with Crippen LogP contribution < -0.4 is 0 Å². The molecule has 1 aromatic carbocycles. The van der Waals surface area contributed by atoms with Gasteiger partial charge in [-0.1, -0.05) is 30.3 Å². The molecular formula is C19H18FeO7. The molecule has 1 aromatic rings. The van der Waals surface area contributed by atoms with Crippen LogP contribution in [0.25, 0.3) is 0 Å². The molecule has 27 heavy (non-hydrogen) atoms. The van der Waals surface area contributed by atoms with Crippen molar-refractivity contribution < 1.29 is 50.0 Å². The first-order chi connectivity index (χ1) is 12.8. The van der Waals surface area contributed by atoms with Crippen LogP contribution in [0.15, 0.2) is 54.1 Å². The largest absolute Gasteiger partial charge is 0 e. The molecular weight excluding hydrogens is 396 g/mol. The number of hydrogen-bond donors (Lipinski definition) is 0. The maximum atomic E-state index is 11.2. The molecule has 8 heteroatoms. The molecule has 0 aliphatic carbocycles. The van der Waals surface area contributed by atoms with Gasteiger partial charge in [0.25, 0.3) is 0 Å². The summed E-state index contributed by atoms with van der Waals surface area (Å²) in [7, 11) is 0. The first kappa shape index (κ1) is 29.6. The van der Waals surface area contributed by atoms with Crippen LogP contribution >= 0.6 is 0 Å². The van der Waals surface area contributed by atoms with Gasteiger partial charge in [-0.15, -0.1) is 0 Å². The number of esters is 1. The summed E-state index contributed by atoms with van der Waals surface area (Å²) in [6.07, 6.45) is 4.60. The number of hydrogen-bond acceptors (Lipinski definition) is 4. The van der Waals surface area contributed by atoms with Crippen molar-refractivity contribution in [3.63, 3.8) is 0 Å². The molecule has 0 saturated carbocycles. The second kappa shape index (κ2) is 21.9. The van der Waals surface area contributed by atoms with E-state index in [-0.39, 0.29) is 29.3 Å². The number of carbonyl (C=O) groups excluding carboxylic acids is 1. The van der Waals surface area contributed by atoms with E-state index in [1.807, 2.05) is 36.4 Å². The van der Waals surface area contributed by atoms with E-state index in [0.29, 0.717) is 19.8 Å². The van der Waals surface area contributed by atoms with Crippen LogP contribution in [0.4, 0.5) is 0 Å². The van der Waals surface area contributed by atoms with Gasteiger partial charge in [-0.2, -0.15) is 0 Å². The molecule has 144 valence electrons. The fraction of sp³-hybridized carbons (Fsp3) is 0.263. The van der Waals surface area contributed by atoms with Crippen LogP contribution in [-0.2, 0) is 56.6 Å². The van der Waals surface area contributed by atoms with Gasteiger partial charge in [-0.3, -0.25) is 0 Å². The quantitative estimate of drug-likeness (QED) is 0.235. The molecule has 0 bridgehead atoms. The molecule has 1 heterocycles. The van der Waals surface area contributed by atoms with Crippen molar-refractivity contribution in [2.75, 3.05) is 13.2 Å². The minimum atomic E-state index is -0.364. The summed E-state index contributed by atoms with van der Waals surface area (Å²) in [5.74, 6) is -0.345. The summed E-state index contributed by atoms with van der Waals surface area (Å²) >= 11 is 0. The molecule has 1 aliphatic heterocycles. The Morgan fingerprint density at radius 1 is 1.19 bits per heavy atom. The molecule has 1 aliphatic rings. The smallest absolute Gasteiger partial charge is 0 e. The summed E-state index contributed by atoms with van der Waals surface area (Å²) < 4.78 is 38.4. The van der Waals surface area contributed by atoms with Crippen molar-refractivity contribution in [1.82, 2.24) is 0 Å². The topological polar surface area (TPSA) is 104 Å². The van der Waals surface area contributed by atoms with Gasteiger partial charge >= 0.3 is 39.9 Å². The van der Waals surface area contributed by atoms with Crippen molar-refractivity contribution in [2.45, 2.75) is 19.8 Å².